The number of phenols is 1. The van der Waals surface area contributed by atoms with Crippen LogP contribution < -0.4 is 10.1 Å². The van der Waals surface area contributed by atoms with Crippen LogP contribution in [0.2, 0.25) is 0 Å². The number of phenolic OH excluding ortho intramolecular Hbond substituents is 1. The van der Waals surface area contributed by atoms with E-state index in [1.54, 1.807) is 43.5 Å². The number of carbonyl (C=O) groups is 2. The largest absolute Gasteiger partial charge is 0.508 e. The van der Waals surface area contributed by atoms with E-state index in [2.05, 4.69) is 5.32 Å². The molecule has 7 heteroatoms. The Balaban J connectivity index is 1.97. The fourth-order valence-corrected chi connectivity index (χ4v) is 4.26. The Bertz CT molecular complexity index is 897. The number of rotatable bonds is 8. The molecular formula is C24H30N2O5. The molecule has 0 saturated carbocycles. The summed E-state index contributed by atoms with van der Waals surface area (Å²) in [5.41, 5.74) is 1.65. The van der Waals surface area contributed by atoms with Gasteiger partial charge in [-0.15, -0.1) is 0 Å². The highest BCUT2D eigenvalue weighted by Crippen LogP contribution is 2.46. The molecule has 1 amide bonds. The van der Waals surface area contributed by atoms with Crippen LogP contribution in [-0.2, 0) is 9.59 Å². The molecule has 1 aliphatic rings. The van der Waals surface area contributed by atoms with Crippen LogP contribution in [0, 0.1) is 5.92 Å². The zero-order valence-corrected chi connectivity index (χ0v) is 18.1. The second-order valence-corrected chi connectivity index (χ2v) is 8.09. The van der Waals surface area contributed by atoms with E-state index in [9.17, 15) is 19.8 Å². The molecule has 0 radical (unpaired) electrons. The average Bonchev–Trinajstić information content (AvgIpc) is 3.13. The Morgan fingerprint density at radius 1 is 1.13 bits per heavy atom. The van der Waals surface area contributed by atoms with Crippen LogP contribution in [-0.4, -0.2) is 53.2 Å². The lowest BCUT2D eigenvalue weighted by Gasteiger charge is -2.27. The van der Waals surface area contributed by atoms with Gasteiger partial charge in [0.15, 0.2) is 0 Å². The molecule has 3 rings (SSSR count). The summed E-state index contributed by atoms with van der Waals surface area (Å²) < 4.78 is 5.24. The lowest BCUT2D eigenvalue weighted by atomic mass is 9.83. The number of hydrogen-bond donors (Lipinski definition) is 3. The van der Waals surface area contributed by atoms with Gasteiger partial charge >= 0.3 is 5.97 Å². The van der Waals surface area contributed by atoms with E-state index in [0.29, 0.717) is 12.3 Å². The first-order valence-electron chi connectivity index (χ1n) is 10.5. The second-order valence-electron chi connectivity index (χ2n) is 8.09. The second kappa shape index (κ2) is 9.83. The first-order chi connectivity index (χ1) is 14.8. The quantitative estimate of drug-likeness (QED) is 0.600. The number of ether oxygens (including phenoxy) is 1. The monoisotopic (exact) mass is 426 g/mol. The predicted octanol–water partition coefficient (Wildman–Crippen LogP) is 3.16. The molecule has 4 atom stereocenters. The molecule has 31 heavy (non-hydrogen) atoms. The molecule has 0 bridgehead atoms. The van der Waals surface area contributed by atoms with Crippen LogP contribution in [0.5, 0.6) is 11.5 Å². The van der Waals surface area contributed by atoms with Gasteiger partial charge in [-0.05, 0) is 48.7 Å². The number of aromatic hydroxyl groups is 1. The predicted molar refractivity (Wildman–Crippen MR) is 117 cm³/mol. The standard InChI is InChI=1S/C24H30N2O5/c1-4-15(2)25-21(28)14-26-13-20(16-5-9-18(27)10-6-16)22(24(29)30)23(26)17-7-11-19(31-3)12-8-17/h5-12,15,20,22-23,27H,4,13-14H2,1-3H3,(H,25,28)(H,29,30). The third kappa shape index (κ3) is 5.17. The molecule has 1 heterocycles. The molecule has 0 spiro atoms. The van der Waals surface area contributed by atoms with Crippen LogP contribution in [0.1, 0.15) is 43.4 Å². The number of aliphatic carboxylic acids is 1. The van der Waals surface area contributed by atoms with Gasteiger partial charge in [0.1, 0.15) is 11.5 Å². The Labute approximate surface area is 182 Å². The van der Waals surface area contributed by atoms with Gasteiger partial charge in [0.05, 0.1) is 19.6 Å². The van der Waals surface area contributed by atoms with Crippen molar-refractivity contribution in [3.8, 4) is 11.5 Å². The molecule has 1 aliphatic heterocycles. The molecule has 0 aromatic heterocycles. The van der Waals surface area contributed by atoms with E-state index in [1.165, 1.54) is 0 Å². The lowest BCUT2D eigenvalue weighted by molar-refractivity contribution is -0.143. The van der Waals surface area contributed by atoms with Crippen molar-refractivity contribution in [2.75, 3.05) is 20.2 Å². The third-order valence-corrected chi connectivity index (χ3v) is 6.03. The maximum Gasteiger partial charge on any atom is 0.309 e. The molecule has 1 fully saturated rings. The molecule has 3 N–H and O–H groups in total. The van der Waals surface area contributed by atoms with Crippen molar-refractivity contribution >= 4 is 11.9 Å². The van der Waals surface area contributed by atoms with Gasteiger partial charge in [0.2, 0.25) is 5.91 Å². The number of carboxylic acid groups (broad SMARTS) is 1. The first-order valence-corrected chi connectivity index (χ1v) is 10.5. The highest BCUT2D eigenvalue weighted by Gasteiger charge is 2.47. The summed E-state index contributed by atoms with van der Waals surface area (Å²) >= 11 is 0. The summed E-state index contributed by atoms with van der Waals surface area (Å²) in [7, 11) is 1.58. The van der Waals surface area contributed by atoms with Crippen molar-refractivity contribution in [3.05, 3.63) is 59.7 Å². The van der Waals surface area contributed by atoms with Crippen LogP contribution in [0.3, 0.4) is 0 Å². The lowest BCUT2D eigenvalue weighted by Crippen LogP contribution is -2.41. The normalized spacial score (nSPS) is 22.1. The van der Waals surface area contributed by atoms with Crippen molar-refractivity contribution in [2.24, 2.45) is 5.92 Å². The van der Waals surface area contributed by atoms with Gasteiger partial charge in [-0.3, -0.25) is 14.5 Å². The molecular weight excluding hydrogens is 396 g/mol. The number of benzene rings is 2. The molecule has 166 valence electrons. The van der Waals surface area contributed by atoms with Crippen LogP contribution in [0.4, 0.5) is 0 Å². The summed E-state index contributed by atoms with van der Waals surface area (Å²) in [5.74, 6) is -1.28. The van der Waals surface area contributed by atoms with Crippen molar-refractivity contribution in [1.82, 2.24) is 10.2 Å². The van der Waals surface area contributed by atoms with E-state index in [0.717, 1.165) is 17.5 Å². The van der Waals surface area contributed by atoms with Gasteiger partial charge in [0, 0.05) is 24.5 Å². The van der Waals surface area contributed by atoms with Crippen molar-refractivity contribution in [3.63, 3.8) is 0 Å². The molecule has 7 nitrogen and oxygen atoms in total. The zero-order valence-electron chi connectivity index (χ0n) is 18.1. The van der Waals surface area contributed by atoms with E-state index in [1.807, 2.05) is 30.9 Å². The number of nitrogens with one attached hydrogen (secondary N) is 1. The van der Waals surface area contributed by atoms with E-state index in [4.69, 9.17) is 4.74 Å². The summed E-state index contributed by atoms with van der Waals surface area (Å²) in [6.07, 6.45) is 0.821. The topological polar surface area (TPSA) is 99.1 Å². The van der Waals surface area contributed by atoms with Gasteiger partial charge in [-0.1, -0.05) is 31.2 Å². The first kappa shape index (κ1) is 22.6. The number of carboxylic acids is 1. The summed E-state index contributed by atoms with van der Waals surface area (Å²) in [5, 5.41) is 22.8. The van der Waals surface area contributed by atoms with Crippen LogP contribution in [0.25, 0.3) is 0 Å². The van der Waals surface area contributed by atoms with Crippen LogP contribution in [0.15, 0.2) is 48.5 Å². The van der Waals surface area contributed by atoms with E-state index >= 15 is 0 Å². The minimum atomic E-state index is -0.913. The minimum absolute atomic E-state index is 0.0534. The smallest absolute Gasteiger partial charge is 0.309 e. The van der Waals surface area contributed by atoms with E-state index < -0.39 is 17.9 Å². The Morgan fingerprint density at radius 2 is 1.74 bits per heavy atom. The Kier molecular flexibility index (Phi) is 7.17. The summed E-state index contributed by atoms with van der Waals surface area (Å²) in [6, 6.07) is 13.6. The summed E-state index contributed by atoms with van der Waals surface area (Å²) in [6.45, 7) is 4.48. The van der Waals surface area contributed by atoms with E-state index in [-0.39, 0.29) is 30.2 Å². The molecule has 2 aromatic rings. The number of carbonyl (C=O) groups excluding carboxylic acids is 1. The number of likely N-dealkylation sites (tertiary alicyclic amines) is 1. The number of methoxy groups -OCH3 is 1. The maximum absolute atomic E-state index is 12.7. The molecule has 0 aliphatic carbocycles. The minimum Gasteiger partial charge on any atom is -0.508 e. The van der Waals surface area contributed by atoms with Gasteiger partial charge in [0.25, 0.3) is 0 Å². The molecule has 1 saturated heterocycles. The fraction of sp³-hybridized carbons (Fsp3) is 0.417. The Morgan fingerprint density at radius 3 is 2.29 bits per heavy atom. The SMILES string of the molecule is CCC(C)NC(=O)CN1CC(c2ccc(O)cc2)C(C(=O)O)C1c1ccc(OC)cc1. The highest BCUT2D eigenvalue weighted by molar-refractivity contribution is 5.79. The third-order valence-electron chi connectivity index (χ3n) is 6.03. The number of hydrogen-bond acceptors (Lipinski definition) is 5. The van der Waals surface area contributed by atoms with Gasteiger partial charge < -0.3 is 20.3 Å². The summed E-state index contributed by atoms with van der Waals surface area (Å²) in [4.78, 5) is 27.0. The van der Waals surface area contributed by atoms with Crippen molar-refractivity contribution in [1.29, 1.82) is 0 Å². The number of nitrogens with zero attached hydrogens (tertiary/aromatic N) is 1. The van der Waals surface area contributed by atoms with Crippen LogP contribution >= 0.6 is 0 Å². The maximum atomic E-state index is 12.7. The van der Waals surface area contributed by atoms with Crippen molar-refractivity contribution < 1.29 is 24.5 Å². The fourth-order valence-electron chi connectivity index (χ4n) is 4.26. The van der Waals surface area contributed by atoms with Crippen molar-refractivity contribution in [2.45, 2.75) is 38.3 Å². The van der Waals surface area contributed by atoms with Gasteiger partial charge in [-0.25, -0.2) is 0 Å². The molecule has 4 unspecified atom stereocenters. The highest BCUT2D eigenvalue weighted by atomic mass is 16.5. The van der Waals surface area contributed by atoms with Gasteiger partial charge in [-0.2, -0.15) is 0 Å². The molecule has 2 aromatic carbocycles. The number of amides is 1. The average molecular weight is 427 g/mol. The Hall–Kier alpha value is -3.06. The zero-order chi connectivity index (χ0) is 22.5.